The molecule has 2 rings (SSSR count). The molecule has 1 fully saturated rings. The number of carbonyl (C=O) groups is 1. The fourth-order valence-electron chi connectivity index (χ4n) is 2.25. The zero-order valence-electron chi connectivity index (χ0n) is 12.4. The van der Waals surface area contributed by atoms with Crippen LogP contribution < -0.4 is 5.32 Å². The summed E-state index contributed by atoms with van der Waals surface area (Å²) in [4.78, 5) is 16.3. The van der Waals surface area contributed by atoms with Crippen LogP contribution in [0, 0.1) is 5.82 Å². The number of amides is 1. The Morgan fingerprint density at radius 1 is 1.33 bits per heavy atom. The van der Waals surface area contributed by atoms with Crippen molar-refractivity contribution in [2.45, 2.75) is 0 Å². The summed E-state index contributed by atoms with van der Waals surface area (Å²) in [5, 5.41) is 2.85. The maximum Gasteiger partial charge on any atom is 0.244 e. The van der Waals surface area contributed by atoms with Gasteiger partial charge in [-0.3, -0.25) is 9.69 Å². The predicted octanol–water partition coefficient (Wildman–Crippen LogP) is 1.20. The first-order chi connectivity index (χ1) is 10.1. The summed E-state index contributed by atoms with van der Waals surface area (Å²) in [5.41, 5.74) is 0.684. The molecule has 114 valence electrons. The number of piperazine rings is 1. The van der Waals surface area contributed by atoms with Crippen molar-refractivity contribution in [2.75, 3.05) is 46.3 Å². The summed E-state index contributed by atoms with van der Waals surface area (Å²) in [6, 6.07) is 6.17. The third kappa shape index (κ3) is 5.65. The van der Waals surface area contributed by atoms with Crippen LogP contribution in [0.5, 0.6) is 0 Å². The number of benzene rings is 1. The molecule has 1 aromatic carbocycles. The van der Waals surface area contributed by atoms with Gasteiger partial charge in [0.1, 0.15) is 5.82 Å². The average Bonchev–Trinajstić information content (AvgIpc) is 2.47. The van der Waals surface area contributed by atoms with E-state index in [1.165, 1.54) is 18.2 Å². The third-order valence-electron chi connectivity index (χ3n) is 3.60. The lowest BCUT2D eigenvalue weighted by atomic mass is 10.2. The molecule has 1 N–H and O–H groups in total. The van der Waals surface area contributed by atoms with E-state index in [9.17, 15) is 9.18 Å². The second kappa shape index (κ2) is 7.90. The largest absolute Gasteiger partial charge is 0.351 e. The van der Waals surface area contributed by atoms with E-state index in [1.807, 2.05) is 0 Å². The monoisotopic (exact) mass is 291 g/mol. The van der Waals surface area contributed by atoms with Gasteiger partial charge in [0.25, 0.3) is 0 Å². The molecular weight excluding hydrogens is 269 g/mol. The van der Waals surface area contributed by atoms with Crippen LogP contribution >= 0.6 is 0 Å². The van der Waals surface area contributed by atoms with Crippen molar-refractivity contribution >= 4 is 12.0 Å². The van der Waals surface area contributed by atoms with Crippen molar-refractivity contribution in [3.05, 3.63) is 41.7 Å². The molecule has 0 unspecified atom stereocenters. The SMILES string of the molecule is CN1CCN(CCNC(=O)/C=C/c2cccc(F)c2)CC1. The molecule has 21 heavy (non-hydrogen) atoms. The van der Waals surface area contributed by atoms with Gasteiger partial charge in [-0.2, -0.15) is 0 Å². The molecule has 1 aliphatic heterocycles. The van der Waals surface area contributed by atoms with Crippen LogP contribution in [0.3, 0.4) is 0 Å². The van der Waals surface area contributed by atoms with Gasteiger partial charge in [0.05, 0.1) is 0 Å². The lowest BCUT2D eigenvalue weighted by molar-refractivity contribution is -0.116. The van der Waals surface area contributed by atoms with Crippen molar-refractivity contribution < 1.29 is 9.18 Å². The second-order valence-electron chi connectivity index (χ2n) is 5.32. The van der Waals surface area contributed by atoms with Gasteiger partial charge in [0.15, 0.2) is 0 Å². The molecule has 1 aliphatic rings. The molecule has 0 saturated carbocycles. The number of halogens is 1. The summed E-state index contributed by atoms with van der Waals surface area (Å²) >= 11 is 0. The van der Waals surface area contributed by atoms with E-state index in [0.717, 1.165) is 32.7 Å². The standard InChI is InChI=1S/C16H22FN3O/c1-19-9-11-20(12-10-19)8-7-18-16(21)6-5-14-3-2-4-15(17)13-14/h2-6,13H,7-12H2,1H3,(H,18,21)/b6-5+. The van der Waals surface area contributed by atoms with Crippen molar-refractivity contribution in [3.63, 3.8) is 0 Å². The topological polar surface area (TPSA) is 35.6 Å². The van der Waals surface area contributed by atoms with Crippen LogP contribution in [0.4, 0.5) is 4.39 Å². The Bertz CT molecular complexity index is 496. The van der Waals surface area contributed by atoms with Crippen LogP contribution in [-0.2, 0) is 4.79 Å². The van der Waals surface area contributed by atoms with Crippen LogP contribution in [0.1, 0.15) is 5.56 Å². The number of hydrogen-bond donors (Lipinski definition) is 1. The molecule has 0 aliphatic carbocycles. The number of nitrogens with one attached hydrogen (secondary N) is 1. The number of hydrogen-bond acceptors (Lipinski definition) is 3. The summed E-state index contributed by atoms with van der Waals surface area (Å²) in [6.45, 7) is 5.75. The Labute approximate surface area is 125 Å². The minimum absolute atomic E-state index is 0.145. The highest BCUT2D eigenvalue weighted by molar-refractivity contribution is 5.91. The normalized spacial score (nSPS) is 17.2. The van der Waals surface area contributed by atoms with E-state index in [4.69, 9.17) is 0 Å². The fourth-order valence-corrected chi connectivity index (χ4v) is 2.25. The molecule has 1 aromatic rings. The zero-order valence-corrected chi connectivity index (χ0v) is 12.4. The van der Waals surface area contributed by atoms with E-state index >= 15 is 0 Å². The quantitative estimate of drug-likeness (QED) is 0.828. The first kappa shape index (κ1) is 15.7. The van der Waals surface area contributed by atoms with Gasteiger partial charge in [-0.05, 0) is 30.8 Å². The minimum Gasteiger partial charge on any atom is -0.351 e. The van der Waals surface area contributed by atoms with Crippen molar-refractivity contribution in [2.24, 2.45) is 0 Å². The van der Waals surface area contributed by atoms with Crippen LogP contribution in [-0.4, -0.2) is 62.0 Å². The van der Waals surface area contributed by atoms with Gasteiger partial charge in [-0.25, -0.2) is 4.39 Å². The number of nitrogens with zero attached hydrogens (tertiary/aromatic N) is 2. The smallest absolute Gasteiger partial charge is 0.244 e. The Kier molecular flexibility index (Phi) is 5.90. The molecular formula is C16H22FN3O. The lowest BCUT2D eigenvalue weighted by Crippen LogP contribution is -2.46. The Morgan fingerprint density at radius 3 is 2.81 bits per heavy atom. The molecule has 1 amide bonds. The van der Waals surface area contributed by atoms with E-state index in [0.29, 0.717) is 12.1 Å². The Balaban J connectivity index is 1.68. The van der Waals surface area contributed by atoms with E-state index in [1.54, 1.807) is 18.2 Å². The molecule has 1 heterocycles. The number of likely N-dealkylation sites (N-methyl/N-ethyl adjacent to an activating group) is 1. The van der Waals surface area contributed by atoms with Gasteiger partial charge in [-0.1, -0.05) is 12.1 Å². The lowest BCUT2D eigenvalue weighted by Gasteiger charge is -2.32. The highest BCUT2D eigenvalue weighted by atomic mass is 19.1. The van der Waals surface area contributed by atoms with Gasteiger partial charge >= 0.3 is 0 Å². The van der Waals surface area contributed by atoms with E-state index in [2.05, 4.69) is 22.2 Å². The van der Waals surface area contributed by atoms with Crippen LogP contribution in [0.15, 0.2) is 30.3 Å². The van der Waals surface area contributed by atoms with Crippen LogP contribution in [0.25, 0.3) is 6.08 Å². The fraction of sp³-hybridized carbons (Fsp3) is 0.438. The van der Waals surface area contributed by atoms with Crippen molar-refractivity contribution in [3.8, 4) is 0 Å². The van der Waals surface area contributed by atoms with Crippen molar-refractivity contribution in [1.82, 2.24) is 15.1 Å². The minimum atomic E-state index is -0.298. The summed E-state index contributed by atoms with van der Waals surface area (Å²) in [7, 11) is 2.12. The van der Waals surface area contributed by atoms with Gasteiger partial charge in [0.2, 0.25) is 5.91 Å². The molecule has 1 saturated heterocycles. The molecule has 0 spiro atoms. The zero-order chi connectivity index (χ0) is 15.1. The first-order valence-electron chi connectivity index (χ1n) is 7.26. The first-order valence-corrected chi connectivity index (χ1v) is 7.26. The van der Waals surface area contributed by atoms with Crippen molar-refractivity contribution in [1.29, 1.82) is 0 Å². The maximum absolute atomic E-state index is 13.0. The third-order valence-corrected chi connectivity index (χ3v) is 3.60. The molecule has 4 nitrogen and oxygen atoms in total. The maximum atomic E-state index is 13.0. The number of rotatable bonds is 5. The average molecular weight is 291 g/mol. The predicted molar refractivity (Wildman–Crippen MR) is 82.4 cm³/mol. The molecule has 0 aromatic heterocycles. The highest BCUT2D eigenvalue weighted by Crippen LogP contribution is 2.05. The summed E-state index contributed by atoms with van der Waals surface area (Å²) < 4.78 is 13.0. The summed E-state index contributed by atoms with van der Waals surface area (Å²) in [5.74, 6) is -0.444. The molecule has 0 atom stereocenters. The van der Waals surface area contributed by atoms with Gasteiger partial charge in [-0.15, -0.1) is 0 Å². The van der Waals surface area contributed by atoms with E-state index < -0.39 is 0 Å². The van der Waals surface area contributed by atoms with E-state index in [-0.39, 0.29) is 11.7 Å². The van der Waals surface area contributed by atoms with Crippen LogP contribution in [0.2, 0.25) is 0 Å². The second-order valence-corrected chi connectivity index (χ2v) is 5.32. The number of carbonyl (C=O) groups excluding carboxylic acids is 1. The van der Waals surface area contributed by atoms with Gasteiger partial charge in [0, 0.05) is 45.3 Å². The molecule has 0 bridgehead atoms. The molecule has 0 radical (unpaired) electrons. The summed E-state index contributed by atoms with van der Waals surface area (Å²) in [6.07, 6.45) is 3.06. The molecule has 5 heteroatoms. The highest BCUT2D eigenvalue weighted by Gasteiger charge is 2.12. The van der Waals surface area contributed by atoms with Gasteiger partial charge < -0.3 is 10.2 Å². The Hall–Kier alpha value is -1.72. The Morgan fingerprint density at radius 2 is 2.10 bits per heavy atom.